The zero-order chi connectivity index (χ0) is 13.1. The molecule has 0 saturated carbocycles. The Kier molecular flexibility index (Phi) is 3.04. The van der Waals surface area contributed by atoms with Gasteiger partial charge in [-0.3, -0.25) is 4.79 Å². The monoisotopic (exact) mass is 252 g/mol. The van der Waals surface area contributed by atoms with Crippen LogP contribution in [-0.2, 0) is 17.8 Å². The fourth-order valence-electron chi connectivity index (χ4n) is 1.33. The second-order valence-electron chi connectivity index (χ2n) is 3.39. The lowest BCUT2D eigenvalue weighted by molar-refractivity contribution is -0.136. The third-order valence-corrected chi connectivity index (χ3v) is 2.09. The molecule has 9 nitrogen and oxygen atoms in total. The maximum Gasteiger partial charge on any atom is 0.371 e. The average molecular weight is 252 g/mol. The predicted octanol–water partition coefficient (Wildman–Crippen LogP) is -0.360. The fourth-order valence-corrected chi connectivity index (χ4v) is 1.33. The van der Waals surface area contributed by atoms with Gasteiger partial charge in [-0.2, -0.15) is 0 Å². The molecule has 0 atom stereocenters. The summed E-state index contributed by atoms with van der Waals surface area (Å²) in [7, 11) is 0. The van der Waals surface area contributed by atoms with Gasteiger partial charge in [0.15, 0.2) is 5.82 Å². The number of nitrogens with zero attached hydrogens (tertiary/aromatic N) is 4. The Morgan fingerprint density at radius 2 is 2.11 bits per heavy atom. The second-order valence-corrected chi connectivity index (χ2v) is 3.39. The highest BCUT2D eigenvalue weighted by atomic mass is 16.4. The van der Waals surface area contributed by atoms with E-state index in [4.69, 9.17) is 14.6 Å². The van der Waals surface area contributed by atoms with Crippen LogP contribution >= 0.6 is 0 Å². The van der Waals surface area contributed by atoms with Gasteiger partial charge in [-0.15, -0.1) is 5.10 Å². The Hall–Kier alpha value is -2.71. The van der Waals surface area contributed by atoms with Crippen LogP contribution in [0.3, 0.4) is 0 Å². The molecule has 0 fully saturated rings. The summed E-state index contributed by atoms with van der Waals surface area (Å²) in [5.41, 5.74) is 0. The molecule has 9 heteroatoms. The van der Waals surface area contributed by atoms with E-state index in [1.165, 1.54) is 16.8 Å². The number of hydrogen-bond donors (Lipinski definition) is 2. The molecule has 0 saturated heterocycles. The lowest BCUT2D eigenvalue weighted by atomic mass is 10.4. The van der Waals surface area contributed by atoms with E-state index in [0.29, 0.717) is 5.76 Å². The molecule has 2 heterocycles. The molecule has 0 aliphatic rings. The van der Waals surface area contributed by atoms with Gasteiger partial charge in [0.25, 0.3) is 0 Å². The van der Waals surface area contributed by atoms with E-state index < -0.39 is 11.9 Å². The lowest BCUT2D eigenvalue weighted by Crippen LogP contribution is -2.11. The smallest absolute Gasteiger partial charge is 0.371 e. The summed E-state index contributed by atoms with van der Waals surface area (Å²) in [5.74, 6) is -1.94. The first-order chi connectivity index (χ1) is 8.56. The normalized spacial score (nSPS) is 10.4. The van der Waals surface area contributed by atoms with E-state index in [1.54, 1.807) is 0 Å². The number of carboxylic acids is 2. The third kappa shape index (κ3) is 2.51. The van der Waals surface area contributed by atoms with Gasteiger partial charge in [0.1, 0.15) is 18.7 Å². The lowest BCUT2D eigenvalue weighted by Gasteiger charge is -1.99. The summed E-state index contributed by atoms with van der Waals surface area (Å²) in [4.78, 5) is 21.2. The molecule has 2 aromatic rings. The van der Waals surface area contributed by atoms with Crippen molar-refractivity contribution in [2.45, 2.75) is 13.0 Å². The van der Waals surface area contributed by atoms with Gasteiger partial charge in [0.05, 0.1) is 0 Å². The van der Waals surface area contributed by atoms with Crippen molar-refractivity contribution in [2.24, 2.45) is 0 Å². The van der Waals surface area contributed by atoms with Crippen molar-refractivity contribution in [3.8, 4) is 0 Å². The van der Waals surface area contributed by atoms with E-state index in [1.807, 2.05) is 0 Å². The van der Waals surface area contributed by atoms with E-state index >= 15 is 0 Å². The minimum absolute atomic E-state index is 0.0723. The SMILES string of the molecule is O=C(O)Cc1nnnn1Cc1ccc(C(=O)O)o1. The molecule has 2 rings (SSSR count). The molecule has 0 amide bonds. The van der Waals surface area contributed by atoms with Crippen LogP contribution in [0.1, 0.15) is 22.1 Å². The number of carbonyl (C=O) groups is 2. The molecular weight excluding hydrogens is 244 g/mol. The molecule has 0 spiro atoms. The number of aromatic nitrogens is 4. The van der Waals surface area contributed by atoms with Gasteiger partial charge >= 0.3 is 11.9 Å². The number of aromatic carboxylic acids is 1. The first-order valence-electron chi connectivity index (χ1n) is 4.85. The van der Waals surface area contributed by atoms with Crippen molar-refractivity contribution in [2.75, 3.05) is 0 Å². The maximum absolute atomic E-state index is 10.6. The molecule has 0 aliphatic heterocycles. The highest BCUT2D eigenvalue weighted by Gasteiger charge is 2.14. The molecule has 2 N–H and O–H groups in total. The summed E-state index contributed by atoms with van der Waals surface area (Å²) < 4.78 is 6.25. The summed E-state index contributed by atoms with van der Waals surface area (Å²) in [6, 6.07) is 2.77. The van der Waals surface area contributed by atoms with Gasteiger partial charge in [-0.25, -0.2) is 9.48 Å². The van der Waals surface area contributed by atoms with Crippen LogP contribution in [-0.4, -0.2) is 42.4 Å². The Balaban J connectivity index is 2.15. The zero-order valence-corrected chi connectivity index (χ0v) is 8.98. The van der Waals surface area contributed by atoms with Gasteiger partial charge in [0, 0.05) is 0 Å². The van der Waals surface area contributed by atoms with E-state index in [2.05, 4.69) is 15.5 Å². The average Bonchev–Trinajstić information content (AvgIpc) is 2.89. The Morgan fingerprint density at radius 3 is 2.72 bits per heavy atom. The molecular formula is C9H8N4O5. The Labute approximate surface area is 99.6 Å². The molecule has 18 heavy (non-hydrogen) atoms. The highest BCUT2D eigenvalue weighted by Crippen LogP contribution is 2.09. The van der Waals surface area contributed by atoms with Crippen molar-refractivity contribution < 1.29 is 24.2 Å². The summed E-state index contributed by atoms with van der Waals surface area (Å²) in [5, 5.41) is 27.8. The number of tetrazole rings is 1. The maximum atomic E-state index is 10.6. The standard InChI is InChI=1S/C9H8N4O5/c14-8(15)3-7-10-11-12-13(7)4-5-1-2-6(18-5)9(16)17/h1-2H,3-4H2,(H,14,15)(H,16,17). The third-order valence-electron chi connectivity index (χ3n) is 2.09. The van der Waals surface area contributed by atoms with Crippen LogP contribution in [0.25, 0.3) is 0 Å². The van der Waals surface area contributed by atoms with Gasteiger partial charge in [-0.1, -0.05) is 0 Å². The molecule has 0 aromatic carbocycles. The topological polar surface area (TPSA) is 131 Å². The molecule has 0 bridgehead atoms. The molecule has 0 aliphatic carbocycles. The van der Waals surface area contributed by atoms with Crippen LogP contribution in [0.2, 0.25) is 0 Å². The van der Waals surface area contributed by atoms with E-state index in [9.17, 15) is 9.59 Å². The first-order valence-corrected chi connectivity index (χ1v) is 4.85. The Morgan fingerprint density at radius 1 is 1.33 bits per heavy atom. The predicted molar refractivity (Wildman–Crippen MR) is 53.9 cm³/mol. The number of furan rings is 1. The van der Waals surface area contributed by atoms with Crippen molar-refractivity contribution in [3.63, 3.8) is 0 Å². The molecule has 94 valence electrons. The summed E-state index contributed by atoms with van der Waals surface area (Å²) >= 11 is 0. The van der Waals surface area contributed by atoms with Gasteiger partial charge < -0.3 is 14.6 Å². The minimum Gasteiger partial charge on any atom is -0.481 e. The van der Waals surface area contributed by atoms with Gasteiger partial charge in [0.2, 0.25) is 5.76 Å². The number of rotatable bonds is 5. The van der Waals surface area contributed by atoms with Crippen molar-refractivity contribution in [1.29, 1.82) is 0 Å². The van der Waals surface area contributed by atoms with Crippen molar-refractivity contribution in [3.05, 3.63) is 29.5 Å². The fraction of sp³-hybridized carbons (Fsp3) is 0.222. The van der Waals surface area contributed by atoms with Crippen LogP contribution < -0.4 is 0 Å². The molecule has 0 unspecified atom stereocenters. The number of aliphatic carboxylic acids is 1. The van der Waals surface area contributed by atoms with Crippen LogP contribution in [0.15, 0.2) is 16.5 Å². The van der Waals surface area contributed by atoms with Crippen LogP contribution in [0, 0.1) is 0 Å². The first kappa shape index (κ1) is 11.8. The van der Waals surface area contributed by atoms with E-state index in [-0.39, 0.29) is 24.6 Å². The second kappa shape index (κ2) is 4.65. The quantitative estimate of drug-likeness (QED) is 0.737. The van der Waals surface area contributed by atoms with Crippen molar-refractivity contribution >= 4 is 11.9 Å². The zero-order valence-electron chi connectivity index (χ0n) is 8.98. The summed E-state index contributed by atoms with van der Waals surface area (Å²) in [6.07, 6.45) is -0.320. The summed E-state index contributed by atoms with van der Waals surface area (Å²) in [6.45, 7) is 0.0723. The molecule has 2 aromatic heterocycles. The Bertz CT molecular complexity index is 587. The minimum atomic E-state index is -1.18. The van der Waals surface area contributed by atoms with Crippen LogP contribution in [0.5, 0.6) is 0 Å². The van der Waals surface area contributed by atoms with Crippen molar-refractivity contribution in [1.82, 2.24) is 20.2 Å². The largest absolute Gasteiger partial charge is 0.481 e. The number of carboxylic acid groups (broad SMARTS) is 2. The number of hydrogen-bond acceptors (Lipinski definition) is 6. The highest BCUT2D eigenvalue weighted by molar-refractivity contribution is 5.84. The molecule has 0 radical (unpaired) electrons. The van der Waals surface area contributed by atoms with Gasteiger partial charge in [-0.05, 0) is 22.6 Å². The van der Waals surface area contributed by atoms with E-state index in [0.717, 1.165) is 0 Å². The van der Waals surface area contributed by atoms with Crippen LogP contribution in [0.4, 0.5) is 0 Å².